The Kier molecular flexibility index (Phi) is 4.56. The highest BCUT2D eigenvalue weighted by Crippen LogP contribution is 2.17. The molecule has 94 valence electrons. The van der Waals surface area contributed by atoms with E-state index in [0.29, 0.717) is 12.8 Å². The molecule has 0 radical (unpaired) electrons. The molecule has 1 saturated heterocycles. The van der Waals surface area contributed by atoms with Gasteiger partial charge in [0.15, 0.2) is 0 Å². The van der Waals surface area contributed by atoms with E-state index in [1.165, 1.54) is 0 Å². The fourth-order valence-electron chi connectivity index (χ4n) is 2.15. The zero-order valence-electron chi connectivity index (χ0n) is 10.7. The third-order valence-corrected chi connectivity index (χ3v) is 3.16. The molecule has 0 bridgehead atoms. The molecule has 1 rings (SSSR count). The average Bonchev–Trinajstić information content (AvgIpc) is 2.32. The number of carbonyl (C=O) groups is 2. The Bertz CT molecular complexity index is 346. The second-order valence-corrected chi connectivity index (χ2v) is 4.36. The van der Waals surface area contributed by atoms with Gasteiger partial charge in [-0.15, -0.1) is 6.42 Å². The fourth-order valence-corrected chi connectivity index (χ4v) is 2.15. The lowest BCUT2D eigenvalue weighted by Gasteiger charge is -2.40. The summed E-state index contributed by atoms with van der Waals surface area (Å²) in [6.45, 7) is 5.63. The predicted octanol–water partition coefficient (Wildman–Crippen LogP) is 0.914. The maximum Gasteiger partial charge on any atom is 0.246 e. The van der Waals surface area contributed by atoms with Crippen molar-refractivity contribution in [3.8, 4) is 12.3 Å². The average molecular weight is 236 g/mol. The molecule has 1 fully saturated rings. The molecular formula is C13H20N2O2. The third-order valence-electron chi connectivity index (χ3n) is 3.16. The SMILES string of the molecule is C#CC(CC)N1C(=O)C(CCC)NC(=O)C1C. The number of hydrogen-bond donors (Lipinski definition) is 1. The summed E-state index contributed by atoms with van der Waals surface area (Å²) in [6, 6.07) is -1.18. The molecule has 0 aliphatic carbocycles. The van der Waals surface area contributed by atoms with Crippen molar-refractivity contribution in [2.24, 2.45) is 0 Å². The Labute approximate surface area is 103 Å². The summed E-state index contributed by atoms with van der Waals surface area (Å²) in [4.78, 5) is 25.6. The lowest BCUT2D eigenvalue weighted by molar-refractivity contribution is -0.150. The molecule has 1 N–H and O–H groups in total. The summed E-state index contributed by atoms with van der Waals surface area (Å²) in [7, 11) is 0. The van der Waals surface area contributed by atoms with Gasteiger partial charge >= 0.3 is 0 Å². The van der Waals surface area contributed by atoms with Gasteiger partial charge in [-0.25, -0.2) is 0 Å². The van der Waals surface area contributed by atoms with Crippen LogP contribution in [-0.4, -0.2) is 34.8 Å². The molecule has 3 unspecified atom stereocenters. The standard InChI is InChI=1S/C13H20N2O2/c1-5-8-11-13(17)15(10(6-2)7-3)9(4)12(16)14-11/h2,9-11H,5,7-8H2,1,3-4H3,(H,14,16). The number of nitrogens with one attached hydrogen (secondary N) is 1. The van der Waals surface area contributed by atoms with Crippen molar-refractivity contribution in [2.75, 3.05) is 0 Å². The first-order chi connectivity index (χ1) is 8.06. The van der Waals surface area contributed by atoms with Gasteiger partial charge < -0.3 is 10.2 Å². The smallest absolute Gasteiger partial charge is 0.246 e. The molecule has 1 aliphatic rings. The van der Waals surface area contributed by atoms with Gasteiger partial charge in [0.1, 0.15) is 12.1 Å². The summed E-state index contributed by atoms with van der Waals surface area (Å²) in [5.41, 5.74) is 0. The normalized spacial score (nSPS) is 26.4. The van der Waals surface area contributed by atoms with Crippen LogP contribution in [0.25, 0.3) is 0 Å². The summed E-state index contributed by atoms with van der Waals surface area (Å²) >= 11 is 0. The highest BCUT2D eigenvalue weighted by atomic mass is 16.2. The highest BCUT2D eigenvalue weighted by Gasteiger charge is 2.40. The van der Waals surface area contributed by atoms with E-state index in [4.69, 9.17) is 6.42 Å². The maximum atomic E-state index is 12.2. The Morgan fingerprint density at radius 2 is 2.12 bits per heavy atom. The van der Waals surface area contributed by atoms with Crippen molar-refractivity contribution in [1.29, 1.82) is 0 Å². The fraction of sp³-hybridized carbons (Fsp3) is 0.692. The van der Waals surface area contributed by atoms with E-state index in [1.807, 2.05) is 13.8 Å². The van der Waals surface area contributed by atoms with E-state index in [1.54, 1.807) is 11.8 Å². The maximum absolute atomic E-state index is 12.2. The van der Waals surface area contributed by atoms with E-state index in [0.717, 1.165) is 6.42 Å². The van der Waals surface area contributed by atoms with Crippen LogP contribution in [0.1, 0.15) is 40.0 Å². The summed E-state index contributed by atoms with van der Waals surface area (Å²) in [6.07, 6.45) is 7.61. The number of terminal acetylenes is 1. The lowest BCUT2D eigenvalue weighted by atomic mass is 10.0. The molecular weight excluding hydrogens is 216 g/mol. The van der Waals surface area contributed by atoms with Crippen LogP contribution in [0.3, 0.4) is 0 Å². The highest BCUT2D eigenvalue weighted by molar-refractivity contribution is 5.97. The molecule has 4 nitrogen and oxygen atoms in total. The first kappa shape index (κ1) is 13.6. The van der Waals surface area contributed by atoms with Gasteiger partial charge in [-0.05, 0) is 19.8 Å². The van der Waals surface area contributed by atoms with E-state index in [9.17, 15) is 9.59 Å². The number of piperazine rings is 1. The summed E-state index contributed by atoms with van der Waals surface area (Å²) in [5, 5.41) is 2.75. The third kappa shape index (κ3) is 2.60. The molecule has 4 heteroatoms. The van der Waals surface area contributed by atoms with Crippen molar-refractivity contribution in [2.45, 2.75) is 58.2 Å². The van der Waals surface area contributed by atoms with Crippen LogP contribution >= 0.6 is 0 Å². The lowest BCUT2D eigenvalue weighted by Crippen LogP contribution is -2.64. The Hall–Kier alpha value is -1.50. The van der Waals surface area contributed by atoms with Gasteiger partial charge in [0.05, 0.1) is 6.04 Å². The van der Waals surface area contributed by atoms with Crippen molar-refractivity contribution in [3.63, 3.8) is 0 Å². The minimum atomic E-state index is -0.475. The van der Waals surface area contributed by atoms with Crippen LogP contribution in [0, 0.1) is 12.3 Å². The Morgan fingerprint density at radius 1 is 1.47 bits per heavy atom. The van der Waals surface area contributed by atoms with Crippen molar-refractivity contribution in [1.82, 2.24) is 10.2 Å². The molecule has 17 heavy (non-hydrogen) atoms. The summed E-state index contributed by atoms with van der Waals surface area (Å²) < 4.78 is 0. The van der Waals surface area contributed by atoms with Gasteiger partial charge in [-0.3, -0.25) is 9.59 Å². The number of rotatable bonds is 4. The van der Waals surface area contributed by atoms with E-state index >= 15 is 0 Å². The molecule has 1 aliphatic heterocycles. The van der Waals surface area contributed by atoms with Gasteiger partial charge in [-0.2, -0.15) is 0 Å². The molecule has 2 amide bonds. The quantitative estimate of drug-likeness (QED) is 0.738. The Balaban J connectivity index is 2.95. The monoisotopic (exact) mass is 236 g/mol. The second-order valence-electron chi connectivity index (χ2n) is 4.36. The molecule has 0 spiro atoms. The van der Waals surface area contributed by atoms with Crippen LogP contribution < -0.4 is 5.32 Å². The van der Waals surface area contributed by atoms with Crippen LogP contribution in [0.2, 0.25) is 0 Å². The van der Waals surface area contributed by atoms with E-state index in [-0.39, 0.29) is 17.9 Å². The summed E-state index contributed by atoms with van der Waals surface area (Å²) in [5.74, 6) is 2.42. The molecule has 0 aromatic rings. The topological polar surface area (TPSA) is 49.4 Å². The minimum absolute atomic E-state index is 0.0521. The van der Waals surface area contributed by atoms with E-state index < -0.39 is 12.1 Å². The molecule has 0 saturated carbocycles. The number of carbonyl (C=O) groups excluding carboxylic acids is 2. The second kappa shape index (κ2) is 5.72. The number of amides is 2. The van der Waals surface area contributed by atoms with Crippen LogP contribution in [0.5, 0.6) is 0 Å². The molecule has 0 aromatic heterocycles. The largest absolute Gasteiger partial charge is 0.343 e. The van der Waals surface area contributed by atoms with Crippen molar-refractivity contribution in [3.05, 3.63) is 0 Å². The van der Waals surface area contributed by atoms with Crippen LogP contribution in [-0.2, 0) is 9.59 Å². The van der Waals surface area contributed by atoms with Crippen molar-refractivity contribution < 1.29 is 9.59 Å². The number of hydrogen-bond acceptors (Lipinski definition) is 2. The zero-order valence-corrected chi connectivity index (χ0v) is 10.7. The zero-order chi connectivity index (χ0) is 13.0. The molecule has 1 heterocycles. The van der Waals surface area contributed by atoms with Gasteiger partial charge in [0.2, 0.25) is 11.8 Å². The number of nitrogens with zero attached hydrogens (tertiary/aromatic N) is 1. The Morgan fingerprint density at radius 3 is 2.59 bits per heavy atom. The first-order valence-corrected chi connectivity index (χ1v) is 6.15. The van der Waals surface area contributed by atoms with Crippen LogP contribution in [0.4, 0.5) is 0 Å². The van der Waals surface area contributed by atoms with Crippen LogP contribution in [0.15, 0.2) is 0 Å². The van der Waals surface area contributed by atoms with Crippen molar-refractivity contribution >= 4 is 11.8 Å². The molecule has 3 atom stereocenters. The van der Waals surface area contributed by atoms with E-state index in [2.05, 4.69) is 11.2 Å². The van der Waals surface area contributed by atoms with Gasteiger partial charge in [-0.1, -0.05) is 26.2 Å². The van der Waals surface area contributed by atoms with Gasteiger partial charge in [0.25, 0.3) is 0 Å². The molecule has 0 aromatic carbocycles. The first-order valence-electron chi connectivity index (χ1n) is 6.15. The minimum Gasteiger partial charge on any atom is -0.343 e. The predicted molar refractivity (Wildman–Crippen MR) is 66.1 cm³/mol. The van der Waals surface area contributed by atoms with Gasteiger partial charge in [0, 0.05) is 0 Å².